The Labute approximate surface area is 132 Å². The van der Waals surface area contributed by atoms with Gasteiger partial charge in [0.25, 0.3) is 0 Å². The zero-order valence-electron chi connectivity index (χ0n) is 13.5. The molecule has 0 aliphatic rings. The maximum Gasteiger partial charge on any atom is 0.248 e. The summed E-state index contributed by atoms with van der Waals surface area (Å²) in [5, 5.41) is 2.88. The van der Waals surface area contributed by atoms with Gasteiger partial charge in [0, 0.05) is 11.8 Å². The number of amides is 1. The van der Waals surface area contributed by atoms with Crippen LogP contribution in [0.15, 0.2) is 54.6 Å². The summed E-state index contributed by atoms with van der Waals surface area (Å²) < 4.78 is 0. The molecule has 1 atom stereocenters. The fourth-order valence-corrected chi connectivity index (χ4v) is 2.16. The van der Waals surface area contributed by atoms with E-state index < -0.39 is 0 Å². The first kappa shape index (κ1) is 16.0. The lowest BCUT2D eigenvalue weighted by Gasteiger charge is -2.09. The normalized spacial score (nSPS) is 12.3. The van der Waals surface area contributed by atoms with E-state index in [1.165, 1.54) is 11.1 Å². The Morgan fingerprint density at radius 2 is 1.73 bits per heavy atom. The molecule has 0 aliphatic heterocycles. The van der Waals surface area contributed by atoms with E-state index in [0.717, 1.165) is 17.7 Å². The summed E-state index contributed by atoms with van der Waals surface area (Å²) >= 11 is 0. The van der Waals surface area contributed by atoms with E-state index in [-0.39, 0.29) is 5.91 Å². The molecule has 0 heterocycles. The number of anilines is 1. The molecule has 0 aliphatic carbocycles. The van der Waals surface area contributed by atoms with Gasteiger partial charge >= 0.3 is 0 Å². The fourth-order valence-electron chi connectivity index (χ4n) is 2.16. The van der Waals surface area contributed by atoms with Crippen molar-refractivity contribution < 1.29 is 4.79 Å². The van der Waals surface area contributed by atoms with Gasteiger partial charge in [-0.05, 0) is 48.6 Å². The van der Waals surface area contributed by atoms with Gasteiger partial charge in [-0.15, -0.1) is 0 Å². The monoisotopic (exact) mass is 293 g/mol. The molecule has 1 N–H and O–H groups in total. The zero-order chi connectivity index (χ0) is 15.9. The average molecular weight is 293 g/mol. The van der Waals surface area contributed by atoms with Crippen molar-refractivity contribution in [1.82, 2.24) is 0 Å². The fraction of sp³-hybridized carbons (Fsp3) is 0.250. The Balaban J connectivity index is 1.95. The maximum absolute atomic E-state index is 11.9. The lowest BCUT2D eigenvalue weighted by Crippen LogP contribution is -2.07. The summed E-state index contributed by atoms with van der Waals surface area (Å²) in [7, 11) is 0. The van der Waals surface area contributed by atoms with E-state index in [0.29, 0.717) is 5.92 Å². The molecule has 0 spiro atoms. The maximum atomic E-state index is 11.9. The number of hydrogen-bond acceptors (Lipinski definition) is 1. The van der Waals surface area contributed by atoms with Crippen LogP contribution in [0.2, 0.25) is 0 Å². The van der Waals surface area contributed by atoms with Gasteiger partial charge in [0.1, 0.15) is 0 Å². The Morgan fingerprint density at radius 3 is 2.32 bits per heavy atom. The van der Waals surface area contributed by atoms with Crippen LogP contribution in [-0.4, -0.2) is 5.91 Å². The van der Waals surface area contributed by atoms with Crippen molar-refractivity contribution in [2.45, 2.75) is 33.1 Å². The Bertz CT molecular complexity index is 638. The molecular weight excluding hydrogens is 270 g/mol. The van der Waals surface area contributed by atoms with Gasteiger partial charge in [0.2, 0.25) is 5.91 Å². The molecule has 0 unspecified atom stereocenters. The second kappa shape index (κ2) is 7.60. The molecule has 2 heteroatoms. The van der Waals surface area contributed by atoms with Gasteiger partial charge in [-0.2, -0.15) is 0 Å². The minimum Gasteiger partial charge on any atom is -0.323 e. The summed E-state index contributed by atoms with van der Waals surface area (Å²) in [6, 6.07) is 16.1. The SMILES string of the molecule is CC[C@H](C)c1ccc(NC(=O)/C=C\c2ccc(C)cc2)cc1. The van der Waals surface area contributed by atoms with Gasteiger partial charge in [0.05, 0.1) is 0 Å². The number of aryl methyl sites for hydroxylation is 1. The lowest BCUT2D eigenvalue weighted by molar-refractivity contribution is -0.111. The van der Waals surface area contributed by atoms with Crippen molar-refractivity contribution in [1.29, 1.82) is 0 Å². The lowest BCUT2D eigenvalue weighted by atomic mass is 9.99. The highest BCUT2D eigenvalue weighted by atomic mass is 16.1. The van der Waals surface area contributed by atoms with Crippen molar-refractivity contribution in [3.05, 3.63) is 71.3 Å². The van der Waals surface area contributed by atoms with E-state index >= 15 is 0 Å². The van der Waals surface area contributed by atoms with Crippen LogP contribution in [0.25, 0.3) is 6.08 Å². The molecule has 2 aromatic rings. The molecule has 1 amide bonds. The largest absolute Gasteiger partial charge is 0.323 e. The quantitative estimate of drug-likeness (QED) is 0.758. The molecular formula is C20H23NO. The summed E-state index contributed by atoms with van der Waals surface area (Å²) in [5.74, 6) is 0.433. The number of nitrogens with one attached hydrogen (secondary N) is 1. The second-order valence-corrected chi connectivity index (χ2v) is 5.66. The first-order valence-electron chi connectivity index (χ1n) is 7.74. The number of hydrogen-bond donors (Lipinski definition) is 1. The van der Waals surface area contributed by atoms with Crippen LogP contribution in [0.1, 0.15) is 42.9 Å². The van der Waals surface area contributed by atoms with Gasteiger partial charge in [-0.1, -0.05) is 55.8 Å². The topological polar surface area (TPSA) is 29.1 Å². The molecule has 0 bridgehead atoms. The van der Waals surface area contributed by atoms with Crippen molar-refractivity contribution in [2.75, 3.05) is 5.32 Å². The van der Waals surface area contributed by atoms with Crippen molar-refractivity contribution >= 4 is 17.7 Å². The molecule has 2 rings (SSSR count). The third kappa shape index (κ3) is 4.59. The number of carbonyl (C=O) groups is 1. The number of carbonyl (C=O) groups excluding carboxylic acids is 1. The molecule has 0 fully saturated rings. The minimum atomic E-state index is -0.114. The van der Waals surface area contributed by atoms with E-state index in [9.17, 15) is 4.79 Å². The Hall–Kier alpha value is -2.35. The summed E-state index contributed by atoms with van der Waals surface area (Å²) in [4.78, 5) is 11.9. The minimum absolute atomic E-state index is 0.114. The highest BCUT2D eigenvalue weighted by Crippen LogP contribution is 2.20. The van der Waals surface area contributed by atoms with E-state index in [2.05, 4.69) is 31.3 Å². The van der Waals surface area contributed by atoms with Crippen molar-refractivity contribution in [3.8, 4) is 0 Å². The molecule has 0 radical (unpaired) electrons. The first-order chi connectivity index (χ1) is 10.6. The predicted octanol–water partition coefficient (Wildman–Crippen LogP) is 5.16. The van der Waals surface area contributed by atoms with E-state index in [1.807, 2.05) is 49.4 Å². The second-order valence-electron chi connectivity index (χ2n) is 5.66. The number of benzene rings is 2. The third-order valence-corrected chi connectivity index (χ3v) is 3.86. The summed E-state index contributed by atoms with van der Waals surface area (Å²) in [6.07, 6.45) is 4.50. The molecule has 22 heavy (non-hydrogen) atoms. The Kier molecular flexibility index (Phi) is 5.54. The molecule has 0 saturated heterocycles. The van der Waals surface area contributed by atoms with Crippen LogP contribution in [0.5, 0.6) is 0 Å². The summed E-state index contributed by atoms with van der Waals surface area (Å²) in [5.41, 5.74) is 4.36. The molecule has 2 nitrogen and oxygen atoms in total. The van der Waals surface area contributed by atoms with Gasteiger partial charge in [-0.3, -0.25) is 4.79 Å². The van der Waals surface area contributed by atoms with Gasteiger partial charge in [-0.25, -0.2) is 0 Å². The highest BCUT2D eigenvalue weighted by molar-refractivity contribution is 6.01. The highest BCUT2D eigenvalue weighted by Gasteiger charge is 2.03. The predicted molar refractivity (Wildman–Crippen MR) is 94.0 cm³/mol. The first-order valence-corrected chi connectivity index (χ1v) is 7.74. The standard InChI is InChI=1S/C20H23NO/c1-4-16(3)18-10-12-19(13-11-18)21-20(22)14-9-17-7-5-15(2)6-8-17/h5-14,16H,4H2,1-3H3,(H,21,22)/b14-9-/t16-/m0/s1. The van der Waals surface area contributed by atoms with E-state index in [4.69, 9.17) is 0 Å². The number of rotatable bonds is 5. The van der Waals surface area contributed by atoms with Crippen molar-refractivity contribution in [2.24, 2.45) is 0 Å². The smallest absolute Gasteiger partial charge is 0.248 e. The zero-order valence-corrected chi connectivity index (χ0v) is 13.5. The molecule has 0 saturated carbocycles. The summed E-state index contributed by atoms with van der Waals surface area (Å²) in [6.45, 7) is 6.43. The van der Waals surface area contributed by atoms with Crippen LogP contribution in [0.3, 0.4) is 0 Å². The van der Waals surface area contributed by atoms with Crippen molar-refractivity contribution in [3.63, 3.8) is 0 Å². The molecule has 0 aromatic heterocycles. The van der Waals surface area contributed by atoms with Gasteiger partial charge in [0.15, 0.2) is 0 Å². The molecule has 2 aromatic carbocycles. The third-order valence-electron chi connectivity index (χ3n) is 3.86. The van der Waals surface area contributed by atoms with Crippen LogP contribution < -0.4 is 5.32 Å². The van der Waals surface area contributed by atoms with Crippen LogP contribution in [0.4, 0.5) is 5.69 Å². The average Bonchev–Trinajstić information content (AvgIpc) is 2.54. The van der Waals surface area contributed by atoms with Crippen LogP contribution >= 0.6 is 0 Å². The Morgan fingerprint density at radius 1 is 1.09 bits per heavy atom. The van der Waals surface area contributed by atoms with Crippen LogP contribution in [-0.2, 0) is 4.79 Å². The van der Waals surface area contributed by atoms with Gasteiger partial charge < -0.3 is 5.32 Å². The van der Waals surface area contributed by atoms with Crippen LogP contribution in [0, 0.1) is 6.92 Å². The van der Waals surface area contributed by atoms with E-state index in [1.54, 1.807) is 6.08 Å². The molecule has 114 valence electrons.